The second kappa shape index (κ2) is 9.38. The average molecular weight is 463 g/mol. The van der Waals surface area contributed by atoms with E-state index in [1.54, 1.807) is 35.6 Å². The quantitative estimate of drug-likeness (QED) is 0.424. The van der Waals surface area contributed by atoms with E-state index < -0.39 is 0 Å². The minimum absolute atomic E-state index is 0.195. The molecule has 1 amide bonds. The number of thiazole rings is 1. The summed E-state index contributed by atoms with van der Waals surface area (Å²) in [6.45, 7) is 5.20. The van der Waals surface area contributed by atoms with E-state index in [2.05, 4.69) is 33.7 Å². The predicted octanol–water partition coefficient (Wildman–Crippen LogP) is 5.27. The highest BCUT2D eigenvalue weighted by molar-refractivity contribution is 7.21. The van der Waals surface area contributed by atoms with Crippen molar-refractivity contribution in [3.63, 3.8) is 0 Å². The number of fused-ring (bicyclic) bond motifs is 1. The van der Waals surface area contributed by atoms with Gasteiger partial charge in [-0.15, -0.1) is 11.3 Å². The number of amides is 1. The third-order valence-corrected chi connectivity index (χ3v) is 6.85. The highest BCUT2D eigenvalue weighted by atomic mass is 35.5. The smallest absolute Gasteiger partial charge is 0.255 e. The molecule has 1 aliphatic heterocycles. The Morgan fingerprint density at radius 3 is 2.75 bits per heavy atom. The van der Waals surface area contributed by atoms with Gasteiger partial charge in [-0.3, -0.25) is 9.69 Å². The molecule has 5 nitrogen and oxygen atoms in total. The second-order valence-electron chi connectivity index (χ2n) is 7.86. The number of para-hydroxylation sites is 1. The molecule has 162 valence electrons. The Labute approximate surface area is 196 Å². The number of rotatable bonds is 5. The Bertz CT molecular complexity index is 1270. The monoisotopic (exact) mass is 462 g/mol. The van der Waals surface area contributed by atoms with Gasteiger partial charge in [-0.1, -0.05) is 35.9 Å². The SMILES string of the molecule is O=C(Nc1ccccc1-c1nc2ccc(CN3CCNCC3)cc2s1)c1cccc(Cl)c1. The summed E-state index contributed by atoms with van der Waals surface area (Å²) in [6.07, 6.45) is 0. The van der Waals surface area contributed by atoms with Crippen LogP contribution in [0.15, 0.2) is 66.7 Å². The molecule has 0 aliphatic carbocycles. The molecule has 5 rings (SSSR count). The minimum Gasteiger partial charge on any atom is -0.321 e. The van der Waals surface area contributed by atoms with Crippen LogP contribution in [0.4, 0.5) is 5.69 Å². The predicted molar refractivity (Wildman–Crippen MR) is 133 cm³/mol. The van der Waals surface area contributed by atoms with E-state index in [0.717, 1.165) is 59.2 Å². The first-order valence-electron chi connectivity index (χ1n) is 10.6. The molecule has 1 aromatic heterocycles. The molecule has 0 saturated carbocycles. The third kappa shape index (κ3) is 4.69. The molecule has 32 heavy (non-hydrogen) atoms. The zero-order valence-corrected chi connectivity index (χ0v) is 19.0. The summed E-state index contributed by atoms with van der Waals surface area (Å²) in [5.74, 6) is -0.195. The van der Waals surface area contributed by atoms with Gasteiger partial charge in [0.1, 0.15) is 5.01 Å². The number of carbonyl (C=O) groups excluding carboxylic acids is 1. The number of nitrogens with zero attached hydrogens (tertiary/aromatic N) is 2. The second-order valence-corrected chi connectivity index (χ2v) is 9.32. The largest absolute Gasteiger partial charge is 0.321 e. The van der Waals surface area contributed by atoms with Crippen molar-refractivity contribution in [3.05, 3.63) is 82.9 Å². The lowest BCUT2D eigenvalue weighted by Crippen LogP contribution is -2.42. The highest BCUT2D eigenvalue weighted by Gasteiger charge is 2.15. The number of carbonyl (C=O) groups is 1. The van der Waals surface area contributed by atoms with Crippen molar-refractivity contribution in [3.8, 4) is 10.6 Å². The van der Waals surface area contributed by atoms with Crippen molar-refractivity contribution < 1.29 is 4.79 Å². The lowest BCUT2D eigenvalue weighted by Gasteiger charge is -2.27. The van der Waals surface area contributed by atoms with Gasteiger partial charge in [-0.25, -0.2) is 4.98 Å². The standard InChI is InChI=1S/C25H23ClN4OS/c26-19-5-3-4-18(15-19)24(31)28-21-7-2-1-6-20(21)25-29-22-9-8-17(14-23(22)32-25)16-30-12-10-27-11-13-30/h1-9,14-15,27H,10-13,16H2,(H,28,31). The highest BCUT2D eigenvalue weighted by Crippen LogP contribution is 2.35. The van der Waals surface area contributed by atoms with E-state index >= 15 is 0 Å². The summed E-state index contributed by atoms with van der Waals surface area (Å²) < 4.78 is 1.16. The number of hydrogen-bond donors (Lipinski definition) is 2. The molecular weight excluding hydrogens is 440 g/mol. The van der Waals surface area contributed by atoms with Gasteiger partial charge in [0.2, 0.25) is 0 Å². The Hall–Kier alpha value is -2.77. The first kappa shape index (κ1) is 21.1. The maximum atomic E-state index is 12.8. The Balaban J connectivity index is 1.40. The van der Waals surface area contributed by atoms with Gasteiger partial charge in [0.15, 0.2) is 0 Å². The molecule has 0 unspecified atom stereocenters. The van der Waals surface area contributed by atoms with Crippen LogP contribution in [-0.4, -0.2) is 42.0 Å². The van der Waals surface area contributed by atoms with Crippen molar-refractivity contribution in [2.75, 3.05) is 31.5 Å². The van der Waals surface area contributed by atoms with Crippen LogP contribution in [0.1, 0.15) is 15.9 Å². The maximum Gasteiger partial charge on any atom is 0.255 e. The molecule has 0 atom stereocenters. The summed E-state index contributed by atoms with van der Waals surface area (Å²) in [5.41, 5.74) is 4.45. The van der Waals surface area contributed by atoms with Gasteiger partial charge in [0.05, 0.1) is 15.9 Å². The van der Waals surface area contributed by atoms with Crippen molar-refractivity contribution in [2.45, 2.75) is 6.54 Å². The number of aromatic nitrogens is 1. The van der Waals surface area contributed by atoms with Crippen LogP contribution < -0.4 is 10.6 Å². The van der Waals surface area contributed by atoms with E-state index in [0.29, 0.717) is 10.6 Å². The lowest BCUT2D eigenvalue weighted by molar-refractivity contribution is 0.102. The van der Waals surface area contributed by atoms with Gasteiger partial charge in [0.25, 0.3) is 5.91 Å². The topological polar surface area (TPSA) is 57.3 Å². The summed E-state index contributed by atoms with van der Waals surface area (Å²) in [6, 6.07) is 21.2. The average Bonchev–Trinajstić information content (AvgIpc) is 3.23. The third-order valence-electron chi connectivity index (χ3n) is 5.56. The molecule has 2 heterocycles. The fourth-order valence-electron chi connectivity index (χ4n) is 3.91. The molecular formula is C25H23ClN4OS. The number of hydrogen-bond acceptors (Lipinski definition) is 5. The van der Waals surface area contributed by atoms with Crippen molar-refractivity contribution in [2.24, 2.45) is 0 Å². The van der Waals surface area contributed by atoms with E-state index in [4.69, 9.17) is 16.6 Å². The Morgan fingerprint density at radius 1 is 1.06 bits per heavy atom. The summed E-state index contributed by atoms with van der Waals surface area (Å²) >= 11 is 7.70. The van der Waals surface area contributed by atoms with E-state index in [1.165, 1.54) is 5.56 Å². The van der Waals surface area contributed by atoms with Gasteiger partial charge >= 0.3 is 0 Å². The molecule has 1 saturated heterocycles. The van der Waals surface area contributed by atoms with Crippen LogP contribution >= 0.6 is 22.9 Å². The molecule has 2 N–H and O–H groups in total. The van der Waals surface area contributed by atoms with Gasteiger partial charge in [0, 0.05) is 48.9 Å². The zero-order chi connectivity index (χ0) is 21.9. The molecule has 3 aromatic carbocycles. The zero-order valence-electron chi connectivity index (χ0n) is 17.5. The number of halogens is 1. The molecule has 4 aromatic rings. The van der Waals surface area contributed by atoms with E-state index in [1.807, 2.05) is 24.3 Å². The Kier molecular flexibility index (Phi) is 6.19. The summed E-state index contributed by atoms with van der Waals surface area (Å²) in [4.78, 5) is 20.1. The number of piperazine rings is 1. The van der Waals surface area contributed by atoms with Crippen LogP contribution in [-0.2, 0) is 6.54 Å². The summed E-state index contributed by atoms with van der Waals surface area (Å²) in [7, 11) is 0. The normalized spacial score (nSPS) is 14.5. The van der Waals surface area contributed by atoms with E-state index in [-0.39, 0.29) is 5.91 Å². The first-order valence-corrected chi connectivity index (χ1v) is 11.8. The molecule has 1 aliphatic rings. The van der Waals surface area contributed by atoms with Crippen LogP contribution in [0, 0.1) is 0 Å². The molecule has 7 heteroatoms. The lowest BCUT2D eigenvalue weighted by atomic mass is 10.1. The van der Waals surface area contributed by atoms with Crippen LogP contribution in [0.2, 0.25) is 5.02 Å². The maximum absolute atomic E-state index is 12.8. The van der Waals surface area contributed by atoms with Crippen LogP contribution in [0.3, 0.4) is 0 Å². The molecule has 0 radical (unpaired) electrons. The van der Waals surface area contributed by atoms with Gasteiger partial charge in [-0.05, 0) is 48.0 Å². The van der Waals surface area contributed by atoms with E-state index in [9.17, 15) is 4.79 Å². The van der Waals surface area contributed by atoms with Crippen LogP contribution in [0.5, 0.6) is 0 Å². The molecule has 1 fully saturated rings. The Morgan fingerprint density at radius 2 is 1.91 bits per heavy atom. The number of anilines is 1. The van der Waals surface area contributed by atoms with Crippen molar-refractivity contribution >= 4 is 44.7 Å². The molecule has 0 bridgehead atoms. The summed E-state index contributed by atoms with van der Waals surface area (Å²) in [5, 5.41) is 7.84. The van der Waals surface area contributed by atoms with Gasteiger partial charge in [-0.2, -0.15) is 0 Å². The fourth-order valence-corrected chi connectivity index (χ4v) is 5.17. The molecule has 0 spiro atoms. The van der Waals surface area contributed by atoms with Crippen LogP contribution in [0.25, 0.3) is 20.8 Å². The fraction of sp³-hybridized carbons (Fsp3) is 0.200. The number of benzene rings is 3. The first-order chi connectivity index (χ1) is 15.7. The minimum atomic E-state index is -0.195. The van der Waals surface area contributed by atoms with Gasteiger partial charge < -0.3 is 10.6 Å². The number of nitrogens with one attached hydrogen (secondary N) is 2. The van der Waals surface area contributed by atoms with Crippen molar-refractivity contribution in [1.82, 2.24) is 15.2 Å². The van der Waals surface area contributed by atoms with Crippen molar-refractivity contribution in [1.29, 1.82) is 0 Å².